The molecule has 1 aliphatic carbocycles. The molecular formula is C21H18F3N3O2. The fourth-order valence-electron chi connectivity index (χ4n) is 4.52. The first-order chi connectivity index (χ1) is 13.9. The third-order valence-electron chi connectivity index (χ3n) is 5.84. The number of halogens is 3. The van der Waals surface area contributed by atoms with Crippen LogP contribution in [0.1, 0.15) is 28.8 Å². The Bertz CT molecular complexity index is 1060. The van der Waals surface area contributed by atoms with Crippen molar-refractivity contribution in [2.75, 3.05) is 6.54 Å². The molecule has 3 aromatic rings. The van der Waals surface area contributed by atoms with Gasteiger partial charge in [-0.25, -0.2) is 4.98 Å². The van der Waals surface area contributed by atoms with Gasteiger partial charge in [0.05, 0.1) is 22.7 Å². The minimum atomic E-state index is -4.43. The smallest absolute Gasteiger partial charge is 0.417 e. The van der Waals surface area contributed by atoms with Gasteiger partial charge in [0, 0.05) is 30.4 Å². The number of aromatic nitrogens is 2. The molecule has 5 nitrogen and oxygen atoms in total. The minimum absolute atomic E-state index is 0.0563. The van der Waals surface area contributed by atoms with E-state index in [9.17, 15) is 18.0 Å². The summed E-state index contributed by atoms with van der Waals surface area (Å²) in [5.74, 6) is 0.417. The van der Waals surface area contributed by atoms with Crippen LogP contribution in [0, 0.1) is 5.92 Å². The van der Waals surface area contributed by atoms with Crippen LogP contribution in [0.4, 0.5) is 13.2 Å². The predicted molar refractivity (Wildman–Crippen MR) is 99.5 cm³/mol. The lowest BCUT2D eigenvalue weighted by Crippen LogP contribution is -2.47. The van der Waals surface area contributed by atoms with Crippen LogP contribution in [0.15, 0.2) is 48.8 Å². The number of carbonyl (C=O) groups excluding carboxylic acids is 1. The number of nitrogens with one attached hydrogen (secondary N) is 1. The van der Waals surface area contributed by atoms with Crippen LogP contribution in [0.25, 0.3) is 10.9 Å². The Morgan fingerprint density at radius 3 is 2.76 bits per heavy atom. The van der Waals surface area contributed by atoms with Crippen molar-refractivity contribution in [3.63, 3.8) is 0 Å². The van der Waals surface area contributed by atoms with Gasteiger partial charge in [0.1, 0.15) is 6.10 Å². The maximum Gasteiger partial charge on any atom is 0.417 e. The standard InChI is InChI=1S/C21H18F3N3O2/c22-21(23,24)14-4-5-18(26-10-14)29-17-9-12-8-16(17)27(11-12)20(28)15-3-1-2-13-6-7-25-19(13)15/h1-7,10,12,16-17,25H,8-9,11H2. The summed E-state index contributed by atoms with van der Waals surface area (Å²) >= 11 is 0. The second-order valence-electron chi connectivity index (χ2n) is 7.65. The van der Waals surface area contributed by atoms with Gasteiger partial charge in [-0.05, 0) is 37.0 Å². The molecule has 2 fully saturated rings. The molecule has 8 heteroatoms. The second kappa shape index (κ2) is 6.50. The number of likely N-dealkylation sites (tertiary alicyclic amines) is 1. The van der Waals surface area contributed by atoms with Gasteiger partial charge in [-0.15, -0.1) is 0 Å². The highest BCUT2D eigenvalue weighted by atomic mass is 19.4. The van der Waals surface area contributed by atoms with Gasteiger partial charge in [0.15, 0.2) is 0 Å². The van der Waals surface area contributed by atoms with E-state index in [2.05, 4.69) is 9.97 Å². The molecule has 1 aliphatic heterocycles. The predicted octanol–water partition coefficient (Wildman–Crippen LogP) is 4.26. The molecule has 2 aliphatic rings. The number of benzene rings is 1. The Morgan fingerprint density at radius 1 is 1.17 bits per heavy atom. The third-order valence-corrected chi connectivity index (χ3v) is 5.84. The average molecular weight is 401 g/mol. The molecule has 1 N–H and O–H groups in total. The van der Waals surface area contributed by atoms with Gasteiger partial charge < -0.3 is 14.6 Å². The van der Waals surface area contributed by atoms with Crippen molar-refractivity contribution < 1.29 is 22.7 Å². The molecule has 3 unspecified atom stereocenters. The number of amides is 1. The molecule has 29 heavy (non-hydrogen) atoms. The third kappa shape index (κ3) is 3.12. The summed E-state index contributed by atoms with van der Waals surface area (Å²) in [5.41, 5.74) is 0.613. The Hall–Kier alpha value is -3.03. The van der Waals surface area contributed by atoms with E-state index in [0.717, 1.165) is 36.0 Å². The normalized spacial score (nSPS) is 23.7. The molecule has 1 aromatic carbocycles. The number of para-hydroxylation sites is 1. The number of H-pyrrole nitrogens is 1. The number of alkyl halides is 3. The number of fused-ring (bicyclic) bond motifs is 3. The van der Waals surface area contributed by atoms with E-state index >= 15 is 0 Å². The fraction of sp³-hybridized carbons (Fsp3) is 0.333. The first-order valence-electron chi connectivity index (χ1n) is 9.47. The van der Waals surface area contributed by atoms with Crippen molar-refractivity contribution in [3.8, 4) is 5.88 Å². The SMILES string of the molecule is O=C(c1cccc2cc[nH]c12)N1CC2CC(Oc3ccc(C(F)(F)F)cn3)C1C2. The number of hydrogen-bond acceptors (Lipinski definition) is 3. The van der Waals surface area contributed by atoms with Crippen molar-refractivity contribution in [1.82, 2.24) is 14.9 Å². The number of rotatable bonds is 3. The van der Waals surface area contributed by atoms with E-state index in [1.54, 1.807) is 12.3 Å². The molecule has 0 radical (unpaired) electrons. The second-order valence-corrected chi connectivity index (χ2v) is 7.65. The summed E-state index contributed by atoms with van der Waals surface area (Å²) in [5, 5.41) is 0.974. The highest BCUT2D eigenvalue weighted by molar-refractivity contribution is 6.06. The molecule has 1 saturated carbocycles. The first kappa shape index (κ1) is 18.0. The number of carbonyl (C=O) groups is 1. The van der Waals surface area contributed by atoms with Crippen LogP contribution in [-0.4, -0.2) is 39.5 Å². The highest BCUT2D eigenvalue weighted by Gasteiger charge is 2.48. The van der Waals surface area contributed by atoms with Gasteiger partial charge >= 0.3 is 6.18 Å². The molecule has 0 spiro atoms. The van der Waals surface area contributed by atoms with E-state index < -0.39 is 11.7 Å². The van der Waals surface area contributed by atoms with Gasteiger partial charge in [-0.3, -0.25) is 4.79 Å². The molecule has 1 amide bonds. The lowest BCUT2D eigenvalue weighted by atomic mass is 10.1. The van der Waals surface area contributed by atoms with E-state index in [4.69, 9.17) is 4.74 Å². The summed E-state index contributed by atoms with van der Waals surface area (Å²) in [7, 11) is 0. The molecular weight excluding hydrogens is 383 g/mol. The van der Waals surface area contributed by atoms with Gasteiger partial charge in [0.2, 0.25) is 5.88 Å². The number of pyridine rings is 1. The molecule has 2 bridgehead atoms. The number of nitrogens with zero attached hydrogens (tertiary/aromatic N) is 2. The number of hydrogen-bond donors (Lipinski definition) is 1. The summed E-state index contributed by atoms with van der Waals surface area (Å²) in [6.45, 7) is 0.668. The zero-order chi connectivity index (χ0) is 20.2. The molecule has 3 heterocycles. The zero-order valence-corrected chi connectivity index (χ0v) is 15.3. The summed E-state index contributed by atoms with van der Waals surface area (Å²) in [6.07, 6.45) is -0.525. The summed E-state index contributed by atoms with van der Waals surface area (Å²) in [6, 6.07) is 9.62. The topological polar surface area (TPSA) is 58.2 Å². The number of piperidine rings is 1. The van der Waals surface area contributed by atoms with Crippen LogP contribution in [0.2, 0.25) is 0 Å². The zero-order valence-electron chi connectivity index (χ0n) is 15.3. The maximum absolute atomic E-state index is 13.2. The molecule has 3 atom stereocenters. The fourth-order valence-corrected chi connectivity index (χ4v) is 4.52. The molecule has 1 saturated heterocycles. The minimum Gasteiger partial charge on any atom is -0.472 e. The Kier molecular flexibility index (Phi) is 4.04. The van der Waals surface area contributed by atoms with E-state index in [1.165, 1.54) is 6.07 Å². The lowest BCUT2D eigenvalue weighted by Gasteiger charge is -2.33. The van der Waals surface area contributed by atoms with Crippen LogP contribution >= 0.6 is 0 Å². The largest absolute Gasteiger partial charge is 0.472 e. The molecule has 5 rings (SSSR count). The Morgan fingerprint density at radius 2 is 2.03 bits per heavy atom. The summed E-state index contributed by atoms with van der Waals surface area (Å²) in [4.78, 5) is 22.0. The van der Waals surface area contributed by atoms with E-state index in [0.29, 0.717) is 18.0 Å². The molecule has 2 aromatic heterocycles. The monoisotopic (exact) mass is 401 g/mol. The number of ether oxygens (including phenoxy) is 1. The van der Waals surface area contributed by atoms with E-state index in [-0.39, 0.29) is 23.9 Å². The maximum atomic E-state index is 13.2. The summed E-state index contributed by atoms with van der Waals surface area (Å²) < 4.78 is 44.0. The highest BCUT2D eigenvalue weighted by Crippen LogP contribution is 2.41. The number of aromatic amines is 1. The van der Waals surface area contributed by atoms with Gasteiger partial charge in [-0.1, -0.05) is 12.1 Å². The van der Waals surface area contributed by atoms with Crippen molar-refractivity contribution in [3.05, 3.63) is 59.9 Å². The quantitative estimate of drug-likeness (QED) is 0.713. The molecule has 150 valence electrons. The van der Waals surface area contributed by atoms with E-state index in [1.807, 2.05) is 23.1 Å². The van der Waals surface area contributed by atoms with Crippen LogP contribution < -0.4 is 4.74 Å². The first-order valence-corrected chi connectivity index (χ1v) is 9.47. The van der Waals surface area contributed by atoms with Crippen molar-refractivity contribution in [2.45, 2.75) is 31.2 Å². The van der Waals surface area contributed by atoms with Crippen LogP contribution in [0.3, 0.4) is 0 Å². The average Bonchev–Trinajstić information content (AvgIpc) is 3.42. The van der Waals surface area contributed by atoms with Gasteiger partial charge in [0.25, 0.3) is 5.91 Å². The van der Waals surface area contributed by atoms with Gasteiger partial charge in [-0.2, -0.15) is 13.2 Å². The van der Waals surface area contributed by atoms with Crippen molar-refractivity contribution in [1.29, 1.82) is 0 Å². The van der Waals surface area contributed by atoms with Crippen LogP contribution in [0.5, 0.6) is 5.88 Å². The Balaban J connectivity index is 1.35. The van der Waals surface area contributed by atoms with Crippen molar-refractivity contribution in [2.24, 2.45) is 5.92 Å². The lowest BCUT2D eigenvalue weighted by molar-refractivity contribution is -0.137. The van der Waals surface area contributed by atoms with Crippen LogP contribution in [-0.2, 0) is 6.18 Å². The Labute approximate surface area is 164 Å². The van der Waals surface area contributed by atoms with Crippen molar-refractivity contribution >= 4 is 16.8 Å².